The third-order valence-electron chi connectivity index (χ3n) is 5.53. The largest absolute Gasteiger partial charge is 0.417 e. The number of amides is 1. The van der Waals surface area contributed by atoms with Crippen molar-refractivity contribution in [2.45, 2.75) is 38.8 Å². The predicted octanol–water partition coefficient (Wildman–Crippen LogP) is 3.61. The minimum absolute atomic E-state index is 0.115. The smallest absolute Gasteiger partial charge is 0.338 e. The maximum Gasteiger partial charge on any atom is 0.417 e. The maximum absolute atomic E-state index is 13.6. The van der Waals surface area contributed by atoms with Crippen LogP contribution in [0.3, 0.4) is 0 Å². The van der Waals surface area contributed by atoms with Crippen LogP contribution in [-0.2, 0) is 13.2 Å². The summed E-state index contributed by atoms with van der Waals surface area (Å²) in [6, 6.07) is 1.07. The van der Waals surface area contributed by atoms with E-state index >= 15 is 0 Å². The number of rotatable bonds is 2. The first kappa shape index (κ1) is 19.4. The number of carbonyl (C=O) groups is 1. The van der Waals surface area contributed by atoms with Crippen LogP contribution in [-0.4, -0.2) is 43.8 Å². The van der Waals surface area contributed by atoms with Crippen molar-refractivity contribution in [3.63, 3.8) is 0 Å². The Balaban J connectivity index is 1.67. The number of carbonyl (C=O) groups excluding carboxylic acids is 1. The number of pyridine rings is 1. The van der Waals surface area contributed by atoms with Crippen molar-refractivity contribution in [2.24, 2.45) is 7.05 Å². The zero-order valence-electron chi connectivity index (χ0n) is 16.2. The lowest BCUT2D eigenvalue weighted by Gasteiger charge is -2.32. The first-order valence-corrected chi connectivity index (χ1v) is 9.28. The summed E-state index contributed by atoms with van der Waals surface area (Å²) in [5, 5.41) is 7.62. The molecule has 3 aromatic heterocycles. The minimum atomic E-state index is -4.55. The first-order chi connectivity index (χ1) is 13.7. The minimum Gasteiger partial charge on any atom is -0.338 e. The Morgan fingerprint density at radius 3 is 2.72 bits per heavy atom. The van der Waals surface area contributed by atoms with Crippen molar-refractivity contribution in [1.29, 1.82) is 0 Å². The van der Waals surface area contributed by atoms with E-state index in [4.69, 9.17) is 4.52 Å². The van der Waals surface area contributed by atoms with E-state index in [0.29, 0.717) is 24.9 Å². The Labute approximate surface area is 164 Å². The lowest BCUT2D eigenvalue weighted by atomic mass is 9.92. The summed E-state index contributed by atoms with van der Waals surface area (Å²) in [4.78, 5) is 18.9. The Kier molecular flexibility index (Phi) is 4.59. The van der Waals surface area contributed by atoms with Gasteiger partial charge in [0.25, 0.3) is 11.6 Å². The van der Waals surface area contributed by atoms with Gasteiger partial charge in [-0.2, -0.15) is 18.3 Å². The number of alkyl halides is 3. The van der Waals surface area contributed by atoms with E-state index in [1.165, 1.54) is 13.1 Å². The second-order valence-electron chi connectivity index (χ2n) is 7.40. The average molecular weight is 407 g/mol. The van der Waals surface area contributed by atoms with Gasteiger partial charge in [-0.1, -0.05) is 5.16 Å². The van der Waals surface area contributed by atoms with Crippen LogP contribution in [0, 0.1) is 13.8 Å². The van der Waals surface area contributed by atoms with Gasteiger partial charge in [0.1, 0.15) is 0 Å². The molecule has 1 saturated heterocycles. The quantitative estimate of drug-likeness (QED) is 0.649. The Bertz CT molecular complexity index is 1090. The summed E-state index contributed by atoms with van der Waals surface area (Å²) in [5.41, 5.74) is 0.730. The molecule has 7 nitrogen and oxygen atoms in total. The highest BCUT2D eigenvalue weighted by atomic mass is 19.4. The van der Waals surface area contributed by atoms with Gasteiger partial charge < -0.3 is 9.42 Å². The molecule has 0 spiro atoms. The van der Waals surface area contributed by atoms with Crippen LogP contribution < -0.4 is 0 Å². The molecule has 0 saturated carbocycles. The number of hydrogen-bond donors (Lipinski definition) is 0. The third-order valence-corrected chi connectivity index (χ3v) is 5.53. The second-order valence-corrected chi connectivity index (χ2v) is 7.40. The Morgan fingerprint density at radius 2 is 2.07 bits per heavy atom. The van der Waals surface area contributed by atoms with E-state index in [2.05, 4.69) is 15.2 Å². The number of hydrogen-bond acceptors (Lipinski definition) is 5. The molecular formula is C19H20F3N5O2. The maximum atomic E-state index is 13.6. The van der Waals surface area contributed by atoms with Crippen molar-refractivity contribution in [3.8, 4) is 0 Å². The highest BCUT2D eigenvalue weighted by Crippen LogP contribution is 2.38. The van der Waals surface area contributed by atoms with E-state index in [1.54, 1.807) is 23.6 Å². The van der Waals surface area contributed by atoms with Gasteiger partial charge in [0, 0.05) is 31.7 Å². The normalized spacial score (nSPS) is 17.9. The number of halogens is 3. The number of aromatic nitrogens is 4. The molecule has 1 aliphatic rings. The highest BCUT2D eigenvalue weighted by molar-refractivity contribution is 5.95. The summed E-state index contributed by atoms with van der Waals surface area (Å²) in [6.07, 6.45) is -1.72. The molecule has 29 heavy (non-hydrogen) atoms. The summed E-state index contributed by atoms with van der Waals surface area (Å²) in [6.45, 7) is 4.09. The van der Waals surface area contributed by atoms with Gasteiger partial charge in [-0.05, 0) is 32.8 Å². The standard InChI is InChI=1S/C19H20F3N5O2/c1-10-16-14(19(20,21)22)7-15(24-17(16)29-25-10)12-5-4-6-27(9-12)18(28)13-8-23-26(3)11(13)2/h7-8,12H,4-6,9H2,1-3H3/t12-/m0/s1. The fourth-order valence-electron chi connectivity index (χ4n) is 3.83. The van der Waals surface area contributed by atoms with Crippen molar-refractivity contribution >= 4 is 17.0 Å². The van der Waals surface area contributed by atoms with Crippen LogP contribution in [0.4, 0.5) is 13.2 Å². The number of piperidine rings is 1. The van der Waals surface area contributed by atoms with Crippen LogP contribution in [0.25, 0.3) is 11.1 Å². The number of nitrogens with zero attached hydrogens (tertiary/aromatic N) is 5. The topological polar surface area (TPSA) is 77.1 Å². The lowest BCUT2D eigenvalue weighted by Crippen LogP contribution is -2.39. The molecule has 1 fully saturated rings. The van der Waals surface area contributed by atoms with Crippen molar-refractivity contribution in [3.05, 3.63) is 40.5 Å². The second kappa shape index (κ2) is 6.85. The van der Waals surface area contributed by atoms with Crippen molar-refractivity contribution < 1.29 is 22.5 Å². The number of likely N-dealkylation sites (tertiary alicyclic amines) is 1. The van der Waals surface area contributed by atoms with Crippen molar-refractivity contribution in [1.82, 2.24) is 24.8 Å². The predicted molar refractivity (Wildman–Crippen MR) is 97.4 cm³/mol. The monoisotopic (exact) mass is 407 g/mol. The highest BCUT2D eigenvalue weighted by Gasteiger charge is 2.37. The van der Waals surface area contributed by atoms with Crippen LogP contribution in [0.5, 0.6) is 0 Å². The molecule has 0 radical (unpaired) electrons. The van der Waals surface area contributed by atoms with Crippen LogP contribution in [0.2, 0.25) is 0 Å². The SMILES string of the molecule is Cc1noc2nc([C@H]3CCCN(C(=O)c4cnn(C)c4C)C3)cc(C(F)(F)F)c12. The molecule has 1 atom stereocenters. The summed E-state index contributed by atoms with van der Waals surface area (Å²) < 4.78 is 47.5. The third kappa shape index (κ3) is 3.36. The fourth-order valence-corrected chi connectivity index (χ4v) is 3.83. The number of aryl methyl sites for hydroxylation is 2. The lowest BCUT2D eigenvalue weighted by molar-refractivity contribution is -0.136. The zero-order chi connectivity index (χ0) is 20.9. The Morgan fingerprint density at radius 1 is 1.31 bits per heavy atom. The Hall–Kier alpha value is -2.91. The molecule has 0 aromatic carbocycles. The molecule has 1 amide bonds. The van der Waals surface area contributed by atoms with Crippen molar-refractivity contribution in [2.75, 3.05) is 13.1 Å². The molecule has 0 aliphatic carbocycles. The van der Waals surface area contributed by atoms with Gasteiger partial charge in [0.2, 0.25) is 0 Å². The van der Waals surface area contributed by atoms with Gasteiger partial charge in [-0.25, -0.2) is 4.98 Å². The van der Waals surface area contributed by atoms with E-state index in [0.717, 1.165) is 11.8 Å². The summed E-state index contributed by atoms with van der Waals surface area (Å²) in [7, 11) is 1.75. The fraction of sp³-hybridized carbons (Fsp3) is 0.474. The van der Waals surface area contributed by atoms with E-state index < -0.39 is 11.7 Å². The van der Waals surface area contributed by atoms with E-state index in [-0.39, 0.29) is 40.9 Å². The zero-order valence-corrected chi connectivity index (χ0v) is 16.2. The molecule has 154 valence electrons. The molecule has 0 bridgehead atoms. The molecule has 4 heterocycles. The molecule has 1 aliphatic heterocycles. The molecular weight excluding hydrogens is 387 g/mol. The summed E-state index contributed by atoms with van der Waals surface area (Å²) >= 11 is 0. The average Bonchev–Trinajstić information content (AvgIpc) is 3.22. The van der Waals surface area contributed by atoms with Gasteiger partial charge >= 0.3 is 6.18 Å². The summed E-state index contributed by atoms with van der Waals surface area (Å²) in [5.74, 6) is -0.492. The molecule has 3 aromatic rings. The van der Waals surface area contributed by atoms with Crippen LogP contribution >= 0.6 is 0 Å². The molecule has 10 heteroatoms. The van der Waals surface area contributed by atoms with Gasteiger partial charge in [-0.15, -0.1) is 0 Å². The van der Waals surface area contributed by atoms with E-state index in [9.17, 15) is 18.0 Å². The first-order valence-electron chi connectivity index (χ1n) is 9.28. The van der Waals surface area contributed by atoms with Gasteiger partial charge in [0.05, 0.1) is 34.1 Å². The molecule has 0 unspecified atom stereocenters. The van der Waals surface area contributed by atoms with Crippen LogP contribution in [0.15, 0.2) is 16.8 Å². The van der Waals surface area contributed by atoms with Gasteiger partial charge in [0.15, 0.2) is 0 Å². The molecule has 4 rings (SSSR count). The van der Waals surface area contributed by atoms with Gasteiger partial charge in [-0.3, -0.25) is 9.48 Å². The van der Waals surface area contributed by atoms with E-state index in [1.807, 2.05) is 0 Å². The number of fused-ring (bicyclic) bond motifs is 1. The molecule has 0 N–H and O–H groups in total. The van der Waals surface area contributed by atoms with Crippen LogP contribution in [0.1, 0.15) is 51.8 Å².